The third-order valence-corrected chi connectivity index (χ3v) is 4.92. The zero-order chi connectivity index (χ0) is 17.0. The van der Waals surface area contributed by atoms with E-state index in [0.29, 0.717) is 5.69 Å². The van der Waals surface area contributed by atoms with Crippen molar-refractivity contribution in [1.29, 1.82) is 0 Å². The normalized spacial score (nSPS) is 12.7. The maximum absolute atomic E-state index is 13.4. The number of nitrogens with zero attached hydrogens (tertiary/aromatic N) is 1. The standard InChI is InChI=1S/C18H15FN2O2S/c19-15-9-6-10-16(13-15)24(22,23)21-18(14-7-2-1-3-8-14)17-11-4-5-12-20-17/h1-13,18,21H. The van der Waals surface area contributed by atoms with Crippen molar-refractivity contribution in [3.8, 4) is 0 Å². The molecule has 2 aromatic carbocycles. The van der Waals surface area contributed by atoms with Crippen molar-refractivity contribution < 1.29 is 12.8 Å². The molecule has 4 nitrogen and oxygen atoms in total. The van der Waals surface area contributed by atoms with Crippen molar-refractivity contribution >= 4 is 10.0 Å². The monoisotopic (exact) mass is 342 g/mol. The van der Waals surface area contributed by atoms with Crippen LogP contribution in [0.3, 0.4) is 0 Å². The van der Waals surface area contributed by atoms with Crippen LogP contribution in [-0.4, -0.2) is 13.4 Å². The second-order valence-corrected chi connectivity index (χ2v) is 6.89. The van der Waals surface area contributed by atoms with Crippen molar-refractivity contribution in [1.82, 2.24) is 9.71 Å². The molecule has 0 aliphatic rings. The highest BCUT2D eigenvalue weighted by molar-refractivity contribution is 7.89. The Labute approximate surface area is 140 Å². The first-order chi connectivity index (χ1) is 11.6. The molecule has 0 aliphatic carbocycles. The summed E-state index contributed by atoms with van der Waals surface area (Å²) in [5, 5.41) is 0. The van der Waals surface area contributed by atoms with E-state index in [1.54, 1.807) is 24.4 Å². The summed E-state index contributed by atoms with van der Waals surface area (Å²) in [6.07, 6.45) is 1.60. The average Bonchev–Trinajstić information content (AvgIpc) is 2.61. The molecule has 6 heteroatoms. The van der Waals surface area contributed by atoms with Gasteiger partial charge in [-0.25, -0.2) is 12.8 Å². The summed E-state index contributed by atoms with van der Waals surface area (Å²) in [6.45, 7) is 0. The summed E-state index contributed by atoms with van der Waals surface area (Å²) in [4.78, 5) is 4.12. The summed E-state index contributed by atoms with van der Waals surface area (Å²) < 4.78 is 41.3. The van der Waals surface area contributed by atoms with E-state index in [9.17, 15) is 12.8 Å². The molecule has 3 rings (SSSR count). The second kappa shape index (κ2) is 6.90. The lowest BCUT2D eigenvalue weighted by Crippen LogP contribution is -2.30. The van der Waals surface area contributed by atoms with Gasteiger partial charge >= 0.3 is 0 Å². The molecule has 0 saturated heterocycles. The molecule has 1 atom stereocenters. The van der Waals surface area contributed by atoms with E-state index in [1.807, 2.05) is 30.3 Å². The molecule has 122 valence electrons. The third-order valence-electron chi connectivity index (χ3n) is 3.50. The molecule has 0 aliphatic heterocycles. The van der Waals surface area contributed by atoms with Gasteiger partial charge in [0.2, 0.25) is 10.0 Å². The van der Waals surface area contributed by atoms with Gasteiger partial charge in [-0.1, -0.05) is 42.5 Å². The first-order valence-electron chi connectivity index (χ1n) is 7.30. The van der Waals surface area contributed by atoms with Crippen LogP contribution in [0.1, 0.15) is 17.3 Å². The van der Waals surface area contributed by atoms with Gasteiger partial charge in [-0.2, -0.15) is 4.72 Å². The Morgan fingerprint density at radius 2 is 1.67 bits per heavy atom. The zero-order valence-corrected chi connectivity index (χ0v) is 13.4. The van der Waals surface area contributed by atoms with Crippen LogP contribution in [0.15, 0.2) is 83.9 Å². The maximum Gasteiger partial charge on any atom is 0.241 e. The highest BCUT2D eigenvalue weighted by Crippen LogP contribution is 2.23. The predicted molar refractivity (Wildman–Crippen MR) is 89.2 cm³/mol. The first-order valence-corrected chi connectivity index (χ1v) is 8.78. The van der Waals surface area contributed by atoms with Crippen molar-refractivity contribution in [2.75, 3.05) is 0 Å². The van der Waals surface area contributed by atoms with Gasteiger partial charge in [0.25, 0.3) is 0 Å². The Balaban J connectivity index is 2.01. The Morgan fingerprint density at radius 1 is 0.917 bits per heavy atom. The molecule has 0 amide bonds. The molecule has 1 aromatic heterocycles. The Kier molecular flexibility index (Phi) is 4.69. The van der Waals surface area contributed by atoms with Crippen molar-refractivity contribution in [3.05, 3.63) is 96.1 Å². The Bertz CT molecular complexity index is 877. The largest absolute Gasteiger partial charge is 0.259 e. The van der Waals surface area contributed by atoms with Gasteiger partial charge in [0, 0.05) is 6.20 Å². The number of sulfonamides is 1. The highest BCUT2D eigenvalue weighted by atomic mass is 32.2. The zero-order valence-electron chi connectivity index (χ0n) is 12.6. The van der Waals surface area contributed by atoms with Crippen LogP contribution in [0, 0.1) is 5.82 Å². The van der Waals surface area contributed by atoms with Gasteiger partial charge in [0.1, 0.15) is 5.82 Å². The number of hydrogen-bond donors (Lipinski definition) is 1. The molecule has 3 aromatic rings. The highest BCUT2D eigenvalue weighted by Gasteiger charge is 2.23. The minimum Gasteiger partial charge on any atom is -0.259 e. The quantitative estimate of drug-likeness (QED) is 0.774. The second-order valence-electron chi connectivity index (χ2n) is 5.18. The first kappa shape index (κ1) is 16.3. The molecule has 24 heavy (non-hydrogen) atoms. The molecular weight excluding hydrogens is 327 g/mol. The SMILES string of the molecule is O=S(=O)(NC(c1ccccc1)c1ccccn1)c1cccc(F)c1. The summed E-state index contributed by atoms with van der Waals surface area (Å²) in [7, 11) is -3.91. The van der Waals surface area contributed by atoms with Gasteiger partial charge in [-0.3, -0.25) is 4.98 Å². The van der Waals surface area contributed by atoms with E-state index < -0.39 is 21.9 Å². The number of pyridine rings is 1. The molecule has 0 spiro atoms. The van der Waals surface area contributed by atoms with E-state index in [0.717, 1.165) is 11.6 Å². The van der Waals surface area contributed by atoms with Gasteiger partial charge in [0.05, 0.1) is 16.6 Å². The molecule has 0 fully saturated rings. The van der Waals surface area contributed by atoms with Crippen LogP contribution in [0.25, 0.3) is 0 Å². The number of benzene rings is 2. The number of aromatic nitrogens is 1. The summed E-state index contributed by atoms with van der Waals surface area (Å²) in [6, 6.07) is 18.6. The lowest BCUT2D eigenvalue weighted by Gasteiger charge is -2.19. The molecule has 1 heterocycles. The van der Waals surface area contributed by atoms with E-state index in [2.05, 4.69) is 9.71 Å². The van der Waals surface area contributed by atoms with Crippen molar-refractivity contribution in [2.24, 2.45) is 0 Å². The van der Waals surface area contributed by atoms with Crippen LogP contribution in [0.5, 0.6) is 0 Å². The molecule has 0 saturated carbocycles. The van der Waals surface area contributed by atoms with Crippen molar-refractivity contribution in [2.45, 2.75) is 10.9 Å². The van der Waals surface area contributed by atoms with E-state index in [1.165, 1.54) is 18.2 Å². The molecule has 1 unspecified atom stereocenters. The number of halogens is 1. The van der Waals surface area contributed by atoms with Gasteiger partial charge in [0.15, 0.2) is 0 Å². The smallest absolute Gasteiger partial charge is 0.241 e. The summed E-state index contributed by atoms with van der Waals surface area (Å²) in [5.41, 5.74) is 1.31. The third kappa shape index (κ3) is 3.67. The van der Waals surface area contributed by atoms with Gasteiger partial charge < -0.3 is 0 Å². The average molecular weight is 342 g/mol. The summed E-state index contributed by atoms with van der Waals surface area (Å²) in [5.74, 6) is -0.605. The fourth-order valence-corrected chi connectivity index (χ4v) is 3.58. The minimum atomic E-state index is -3.91. The summed E-state index contributed by atoms with van der Waals surface area (Å²) >= 11 is 0. The number of rotatable bonds is 5. The Morgan fingerprint density at radius 3 is 2.33 bits per heavy atom. The van der Waals surface area contributed by atoms with Crippen LogP contribution in [0.4, 0.5) is 4.39 Å². The molecule has 0 radical (unpaired) electrons. The van der Waals surface area contributed by atoms with E-state index in [-0.39, 0.29) is 4.90 Å². The van der Waals surface area contributed by atoms with Crippen LogP contribution in [0.2, 0.25) is 0 Å². The minimum absolute atomic E-state index is 0.126. The molecule has 1 N–H and O–H groups in total. The molecule has 0 bridgehead atoms. The lowest BCUT2D eigenvalue weighted by atomic mass is 10.0. The topological polar surface area (TPSA) is 59.1 Å². The predicted octanol–water partition coefficient (Wildman–Crippen LogP) is 3.29. The van der Waals surface area contributed by atoms with Crippen LogP contribution >= 0.6 is 0 Å². The number of nitrogens with one attached hydrogen (secondary N) is 1. The van der Waals surface area contributed by atoms with Gasteiger partial charge in [-0.15, -0.1) is 0 Å². The van der Waals surface area contributed by atoms with Crippen molar-refractivity contribution in [3.63, 3.8) is 0 Å². The fraction of sp³-hybridized carbons (Fsp3) is 0.0556. The maximum atomic E-state index is 13.4. The molecular formula is C18H15FN2O2S. The van der Waals surface area contributed by atoms with E-state index in [4.69, 9.17) is 0 Å². The lowest BCUT2D eigenvalue weighted by molar-refractivity contribution is 0.567. The van der Waals surface area contributed by atoms with E-state index >= 15 is 0 Å². The Hall–Kier alpha value is -2.57. The fourth-order valence-electron chi connectivity index (χ4n) is 2.35. The van der Waals surface area contributed by atoms with Gasteiger partial charge in [-0.05, 0) is 35.9 Å². The van der Waals surface area contributed by atoms with Crippen LogP contribution in [-0.2, 0) is 10.0 Å². The number of hydrogen-bond acceptors (Lipinski definition) is 3. The van der Waals surface area contributed by atoms with Crippen LogP contribution < -0.4 is 4.72 Å².